The Kier molecular flexibility index (Phi) is 5.87. The Bertz CT molecular complexity index is 684. The summed E-state index contributed by atoms with van der Waals surface area (Å²) in [6.45, 7) is 0. The zero-order valence-corrected chi connectivity index (χ0v) is 15.2. The van der Waals surface area contributed by atoms with E-state index in [9.17, 15) is 0 Å². The Morgan fingerprint density at radius 3 is 2.44 bits per heavy atom. The molecule has 2 aliphatic rings. The van der Waals surface area contributed by atoms with Crippen LogP contribution in [0, 0.1) is 0 Å². The highest BCUT2D eigenvalue weighted by Gasteiger charge is 2.23. The van der Waals surface area contributed by atoms with Crippen molar-refractivity contribution in [3.8, 4) is 11.5 Å². The number of fused-ring (bicyclic) bond motifs is 1. The predicted molar refractivity (Wildman–Crippen MR) is 103 cm³/mol. The van der Waals surface area contributed by atoms with E-state index in [2.05, 4.69) is 36.4 Å². The molecule has 1 saturated carbocycles. The van der Waals surface area contributed by atoms with E-state index in [-0.39, 0.29) is 18.5 Å². The molecule has 0 bridgehead atoms. The molecule has 0 amide bonds. The molecule has 0 saturated heterocycles. The van der Waals surface area contributed by atoms with E-state index < -0.39 is 0 Å². The standard InChI is InChI=1S/C21H25NO2.ClH/c22-17-7-9-18(10-8-17)23-19-11-13-21-16(14-19)6-12-20(24-21)15-4-2-1-3-5-15;/h1-5,11,13-14,17-18,20H,6-10,12,22H2;1H/t17-,18-,20-;/m1./s1. The molecule has 134 valence electrons. The van der Waals surface area contributed by atoms with Crippen LogP contribution in [-0.4, -0.2) is 12.1 Å². The number of hydrogen-bond acceptors (Lipinski definition) is 3. The second-order valence-electron chi connectivity index (χ2n) is 6.98. The van der Waals surface area contributed by atoms with Crippen molar-refractivity contribution in [2.45, 2.75) is 56.8 Å². The molecule has 2 aromatic rings. The molecule has 0 radical (unpaired) electrons. The Balaban J connectivity index is 0.00000182. The van der Waals surface area contributed by atoms with Crippen LogP contribution in [0.5, 0.6) is 11.5 Å². The van der Waals surface area contributed by atoms with Gasteiger partial charge in [0.2, 0.25) is 0 Å². The zero-order chi connectivity index (χ0) is 16.4. The second kappa shape index (κ2) is 8.11. The van der Waals surface area contributed by atoms with Crippen molar-refractivity contribution in [2.24, 2.45) is 5.73 Å². The van der Waals surface area contributed by atoms with Gasteiger partial charge in [-0.05, 0) is 67.9 Å². The lowest BCUT2D eigenvalue weighted by Crippen LogP contribution is -2.31. The predicted octanol–water partition coefficient (Wildman–Crippen LogP) is 4.82. The molecular formula is C21H26ClNO2. The van der Waals surface area contributed by atoms with Gasteiger partial charge in [-0.1, -0.05) is 30.3 Å². The van der Waals surface area contributed by atoms with Gasteiger partial charge >= 0.3 is 0 Å². The molecule has 1 heterocycles. The number of aryl methyl sites for hydroxylation is 1. The van der Waals surface area contributed by atoms with Crippen molar-refractivity contribution >= 4 is 12.4 Å². The van der Waals surface area contributed by atoms with Gasteiger partial charge in [-0.3, -0.25) is 0 Å². The summed E-state index contributed by atoms with van der Waals surface area (Å²) in [5, 5.41) is 0. The third-order valence-electron chi connectivity index (χ3n) is 5.17. The van der Waals surface area contributed by atoms with E-state index in [1.165, 1.54) is 11.1 Å². The fourth-order valence-electron chi connectivity index (χ4n) is 3.74. The fourth-order valence-corrected chi connectivity index (χ4v) is 3.74. The smallest absolute Gasteiger partial charge is 0.124 e. The third kappa shape index (κ3) is 4.28. The molecule has 1 fully saturated rings. The quantitative estimate of drug-likeness (QED) is 0.854. The van der Waals surface area contributed by atoms with Gasteiger partial charge in [0.1, 0.15) is 17.6 Å². The van der Waals surface area contributed by atoms with Crippen LogP contribution in [0.3, 0.4) is 0 Å². The topological polar surface area (TPSA) is 44.5 Å². The highest BCUT2D eigenvalue weighted by atomic mass is 35.5. The molecule has 4 heteroatoms. The molecule has 1 aliphatic carbocycles. The first-order valence-electron chi connectivity index (χ1n) is 9.05. The van der Waals surface area contributed by atoms with Gasteiger partial charge in [0.15, 0.2) is 0 Å². The SMILES string of the molecule is Cl.N[C@H]1CC[C@H](Oc2ccc3c(c2)CC[C@H](c2ccccc2)O3)CC1. The van der Waals surface area contributed by atoms with Crippen molar-refractivity contribution < 1.29 is 9.47 Å². The van der Waals surface area contributed by atoms with Crippen LogP contribution < -0.4 is 15.2 Å². The minimum absolute atomic E-state index is 0. The average Bonchev–Trinajstić information content (AvgIpc) is 2.64. The minimum atomic E-state index is 0. The maximum atomic E-state index is 6.20. The van der Waals surface area contributed by atoms with Gasteiger partial charge < -0.3 is 15.2 Å². The summed E-state index contributed by atoms with van der Waals surface area (Å²) in [7, 11) is 0. The van der Waals surface area contributed by atoms with Crippen LogP contribution in [0.25, 0.3) is 0 Å². The van der Waals surface area contributed by atoms with Gasteiger partial charge in [0, 0.05) is 6.04 Å². The number of nitrogens with two attached hydrogens (primary N) is 1. The van der Waals surface area contributed by atoms with Crippen LogP contribution in [0.1, 0.15) is 49.3 Å². The molecule has 0 aromatic heterocycles. The van der Waals surface area contributed by atoms with Crippen molar-refractivity contribution in [2.75, 3.05) is 0 Å². The molecule has 4 rings (SSSR count). The van der Waals surface area contributed by atoms with E-state index >= 15 is 0 Å². The minimum Gasteiger partial charge on any atom is -0.490 e. The number of hydrogen-bond donors (Lipinski definition) is 1. The van der Waals surface area contributed by atoms with Crippen LogP contribution in [0.2, 0.25) is 0 Å². The number of rotatable bonds is 3. The lowest BCUT2D eigenvalue weighted by molar-refractivity contribution is 0.145. The zero-order valence-electron chi connectivity index (χ0n) is 14.4. The largest absolute Gasteiger partial charge is 0.490 e. The van der Waals surface area contributed by atoms with Gasteiger partial charge in [-0.25, -0.2) is 0 Å². The molecule has 0 spiro atoms. The summed E-state index contributed by atoms with van der Waals surface area (Å²) >= 11 is 0. The Morgan fingerprint density at radius 1 is 0.920 bits per heavy atom. The summed E-state index contributed by atoms with van der Waals surface area (Å²) in [5.41, 5.74) is 8.48. The van der Waals surface area contributed by atoms with Crippen LogP contribution >= 0.6 is 12.4 Å². The molecule has 2 aromatic carbocycles. The van der Waals surface area contributed by atoms with Gasteiger partial charge in [-0.2, -0.15) is 0 Å². The molecule has 3 nitrogen and oxygen atoms in total. The third-order valence-corrected chi connectivity index (χ3v) is 5.17. The van der Waals surface area contributed by atoms with Crippen molar-refractivity contribution in [3.05, 3.63) is 59.7 Å². The Labute approximate surface area is 155 Å². The van der Waals surface area contributed by atoms with Crippen molar-refractivity contribution in [1.29, 1.82) is 0 Å². The number of halogens is 1. The summed E-state index contributed by atoms with van der Waals surface area (Å²) < 4.78 is 12.4. The molecule has 25 heavy (non-hydrogen) atoms. The molecule has 2 N–H and O–H groups in total. The average molecular weight is 360 g/mol. The first-order chi connectivity index (χ1) is 11.8. The summed E-state index contributed by atoms with van der Waals surface area (Å²) in [5.74, 6) is 1.96. The highest BCUT2D eigenvalue weighted by molar-refractivity contribution is 5.85. The van der Waals surface area contributed by atoms with E-state index in [0.29, 0.717) is 12.1 Å². The maximum Gasteiger partial charge on any atom is 0.124 e. The van der Waals surface area contributed by atoms with E-state index in [1.54, 1.807) is 0 Å². The molecule has 0 unspecified atom stereocenters. The van der Waals surface area contributed by atoms with Crippen molar-refractivity contribution in [1.82, 2.24) is 0 Å². The van der Waals surface area contributed by atoms with E-state index in [1.807, 2.05) is 12.1 Å². The van der Waals surface area contributed by atoms with Gasteiger partial charge in [0.05, 0.1) is 6.10 Å². The maximum absolute atomic E-state index is 6.20. The van der Waals surface area contributed by atoms with Crippen molar-refractivity contribution in [3.63, 3.8) is 0 Å². The Hall–Kier alpha value is -1.71. The second-order valence-corrected chi connectivity index (χ2v) is 6.98. The number of benzene rings is 2. The van der Waals surface area contributed by atoms with E-state index in [4.69, 9.17) is 15.2 Å². The monoisotopic (exact) mass is 359 g/mol. The lowest BCUT2D eigenvalue weighted by Gasteiger charge is -2.29. The number of ether oxygens (including phenoxy) is 2. The molecule has 1 atom stereocenters. The summed E-state index contributed by atoms with van der Waals surface area (Å²) in [4.78, 5) is 0. The molecular weight excluding hydrogens is 334 g/mol. The molecule has 1 aliphatic heterocycles. The first kappa shape index (κ1) is 18.1. The van der Waals surface area contributed by atoms with Gasteiger partial charge in [-0.15, -0.1) is 12.4 Å². The van der Waals surface area contributed by atoms with E-state index in [0.717, 1.165) is 50.0 Å². The Morgan fingerprint density at radius 2 is 1.68 bits per heavy atom. The van der Waals surface area contributed by atoms with Crippen LogP contribution in [0.4, 0.5) is 0 Å². The van der Waals surface area contributed by atoms with Crippen LogP contribution in [-0.2, 0) is 6.42 Å². The van der Waals surface area contributed by atoms with Gasteiger partial charge in [0.25, 0.3) is 0 Å². The first-order valence-corrected chi connectivity index (χ1v) is 9.05. The summed E-state index contributed by atoms with van der Waals surface area (Å²) in [6.07, 6.45) is 6.76. The normalized spacial score (nSPS) is 25.2. The lowest BCUT2D eigenvalue weighted by atomic mass is 9.93. The van der Waals surface area contributed by atoms with Crippen LogP contribution in [0.15, 0.2) is 48.5 Å². The highest BCUT2D eigenvalue weighted by Crippen LogP contribution is 2.37. The summed E-state index contributed by atoms with van der Waals surface area (Å²) in [6, 6.07) is 17.1. The fraction of sp³-hybridized carbons (Fsp3) is 0.429.